The second-order valence-electron chi connectivity index (χ2n) is 7.62. The number of piperidine rings is 1. The lowest BCUT2D eigenvalue weighted by molar-refractivity contribution is -0.259. The number of amides is 1. The summed E-state index contributed by atoms with van der Waals surface area (Å²) >= 11 is 0. The number of carbonyl (C=O) groups is 1. The van der Waals surface area contributed by atoms with Gasteiger partial charge in [-0.1, -0.05) is 6.08 Å². The highest BCUT2D eigenvalue weighted by molar-refractivity contribution is 5.94. The Labute approximate surface area is 155 Å². The largest absolute Gasteiger partial charge is 0.496 e. The number of nitrogens with zero attached hydrogens (tertiary/aromatic N) is 1. The number of hydrogen-bond acceptors (Lipinski definition) is 4. The van der Waals surface area contributed by atoms with Crippen molar-refractivity contribution < 1.29 is 19.4 Å². The molecule has 3 rings (SSSR count). The van der Waals surface area contributed by atoms with Gasteiger partial charge in [0, 0.05) is 37.6 Å². The van der Waals surface area contributed by atoms with E-state index < -0.39 is 0 Å². The molecule has 26 heavy (non-hydrogen) atoms. The predicted octanol–water partition coefficient (Wildman–Crippen LogP) is 2.82. The zero-order valence-electron chi connectivity index (χ0n) is 16.0. The Balaban J connectivity index is 1.73. The summed E-state index contributed by atoms with van der Waals surface area (Å²) in [5.74, 6) is 0.799. The van der Waals surface area contributed by atoms with Gasteiger partial charge in [-0.2, -0.15) is 0 Å². The summed E-state index contributed by atoms with van der Waals surface area (Å²) in [6, 6.07) is 5.55. The molecule has 1 spiro atoms. The molecule has 2 fully saturated rings. The third-order valence-electron chi connectivity index (χ3n) is 6.56. The fraction of sp³-hybridized carbons (Fsp3) is 0.571. The topological polar surface area (TPSA) is 59.0 Å². The van der Waals surface area contributed by atoms with Crippen molar-refractivity contribution in [2.75, 3.05) is 27.3 Å². The number of rotatable bonds is 5. The minimum absolute atomic E-state index is 0.0285. The van der Waals surface area contributed by atoms with E-state index in [4.69, 9.17) is 9.47 Å². The summed E-state index contributed by atoms with van der Waals surface area (Å²) in [4.78, 5) is 14.8. The maximum absolute atomic E-state index is 13.0. The summed E-state index contributed by atoms with van der Waals surface area (Å²) in [6.07, 6.45) is 4.32. The molecule has 0 aromatic heterocycles. The number of likely N-dealkylation sites (tertiary alicyclic amines) is 1. The third-order valence-corrected chi connectivity index (χ3v) is 6.56. The standard InChI is InChI=1S/C21H29NO4/c1-5-6-15-13-16(7-8-17(15)25-3)19(24)22-11-9-21(10-12-22)18(23)14-20(21,2)26-4/h5,7-8,13,18,23H,1,6,9-12,14H2,2-4H3/t18-,20+/m1/s1. The molecule has 1 saturated heterocycles. The Morgan fingerprint density at radius 1 is 1.38 bits per heavy atom. The van der Waals surface area contributed by atoms with E-state index in [9.17, 15) is 9.90 Å². The van der Waals surface area contributed by atoms with Crippen molar-refractivity contribution >= 4 is 5.91 Å². The van der Waals surface area contributed by atoms with Gasteiger partial charge >= 0.3 is 0 Å². The predicted molar refractivity (Wildman–Crippen MR) is 101 cm³/mol. The van der Waals surface area contributed by atoms with Crippen molar-refractivity contribution in [3.63, 3.8) is 0 Å². The molecule has 5 nitrogen and oxygen atoms in total. The summed E-state index contributed by atoms with van der Waals surface area (Å²) in [5, 5.41) is 10.4. The lowest BCUT2D eigenvalue weighted by Gasteiger charge is -2.62. The van der Waals surface area contributed by atoms with Crippen LogP contribution in [-0.4, -0.2) is 54.9 Å². The Hall–Kier alpha value is -1.85. The second kappa shape index (κ2) is 7.05. The maximum atomic E-state index is 13.0. The van der Waals surface area contributed by atoms with Gasteiger partial charge in [0.2, 0.25) is 0 Å². The average molecular weight is 359 g/mol. The molecular weight excluding hydrogens is 330 g/mol. The zero-order valence-corrected chi connectivity index (χ0v) is 16.0. The normalized spacial score (nSPS) is 27.1. The van der Waals surface area contributed by atoms with E-state index in [1.54, 1.807) is 20.3 Å². The van der Waals surface area contributed by atoms with Crippen molar-refractivity contribution in [2.24, 2.45) is 5.41 Å². The first-order chi connectivity index (χ1) is 12.4. The number of ether oxygens (including phenoxy) is 2. The molecule has 2 atom stereocenters. The number of hydrogen-bond donors (Lipinski definition) is 1. The third kappa shape index (κ3) is 2.83. The molecule has 5 heteroatoms. The van der Waals surface area contributed by atoms with Crippen LogP contribution < -0.4 is 4.74 Å². The maximum Gasteiger partial charge on any atom is 0.253 e. The second-order valence-corrected chi connectivity index (χ2v) is 7.62. The fourth-order valence-corrected chi connectivity index (χ4v) is 4.66. The van der Waals surface area contributed by atoms with Crippen molar-refractivity contribution in [3.8, 4) is 5.75 Å². The van der Waals surface area contributed by atoms with Crippen LogP contribution in [0.15, 0.2) is 30.9 Å². The monoisotopic (exact) mass is 359 g/mol. The van der Waals surface area contributed by atoms with Crippen molar-refractivity contribution in [2.45, 2.75) is 44.3 Å². The molecule has 1 heterocycles. The van der Waals surface area contributed by atoms with Gasteiger partial charge in [0.1, 0.15) is 5.75 Å². The summed E-state index contributed by atoms with van der Waals surface area (Å²) in [7, 11) is 3.34. The van der Waals surface area contributed by atoms with E-state index in [2.05, 4.69) is 13.5 Å². The lowest BCUT2D eigenvalue weighted by atomic mass is 9.51. The van der Waals surface area contributed by atoms with Crippen LogP contribution in [0.2, 0.25) is 0 Å². The number of allylic oxidation sites excluding steroid dienone is 1. The molecule has 0 bridgehead atoms. The van der Waals surface area contributed by atoms with Gasteiger partial charge < -0.3 is 19.5 Å². The molecule has 1 aliphatic carbocycles. The Kier molecular flexibility index (Phi) is 5.13. The highest BCUT2D eigenvalue weighted by atomic mass is 16.5. The van der Waals surface area contributed by atoms with Crippen LogP contribution in [-0.2, 0) is 11.2 Å². The quantitative estimate of drug-likeness (QED) is 0.822. The number of benzene rings is 1. The van der Waals surface area contributed by atoms with Crippen LogP contribution in [0.3, 0.4) is 0 Å². The molecule has 1 aromatic rings. The Morgan fingerprint density at radius 3 is 2.62 bits per heavy atom. The molecule has 0 unspecified atom stereocenters. The minimum Gasteiger partial charge on any atom is -0.496 e. The van der Waals surface area contributed by atoms with Crippen LogP contribution in [0.4, 0.5) is 0 Å². The lowest BCUT2D eigenvalue weighted by Crippen LogP contribution is -2.69. The molecule has 142 valence electrons. The number of methoxy groups -OCH3 is 2. The molecular formula is C21H29NO4. The van der Waals surface area contributed by atoms with Crippen LogP contribution in [0.1, 0.15) is 42.1 Å². The Morgan fingerprint density at radius 2 is 2.08 bits per heavy atom. The number of aliphatic hydroxyl groups is 1. The SMILES string of the molecule is C=CCc1cc(C(=O)N2CCC3(CC2)[C@H](O)C[C@]3(C)OC)ccc1OC. The van der Waals surface area contributed by atoms with Gasteiger partial charge in [-0.3, -0.25) is 4.79 Å². The van der Waals surface area contributed by atoms with E-state index in [0.29, 0.717) is 31.5 Å². The molecule has 1 N–H and O–H groups in total. The van der Waals surface area contributed by atoms with Gasteiger partial charge in [-0.25, -0.2) is 0 Å². The Bertz CT molecular complexity index is 693. The van der Waals surface area contributed by atoms with E-state index >= 15 is 0 Å². The molecule has 1 amide bonds. The van der Waals surface area contributed by atoms with Crippen LogP contribution in [0, 0.1) is 5.41 Å². The van der Waals surface area contributed by atoms with Crippen molar-refractivity contribution in [1.82, 2.24) is 4.90 Å². The van der Waals surface area contributed by atoms with Crippen molar-refractivity contribution in [1.29, 1.82) is 0 Å². The van der Waals surface area contributed by atoms with Crippen LogP contribution >= 0.6 is 0 Å². The molecule has 2 aliphatic rings. The van der Waals surface area contributed by atoms with Gasteiger partial charge in [0.05, 0.1) is 18.8 Å². The van der Waals surface area contributed by atoms with E-state index in [0.717, 1.165) is 24.2 Å². The zero-order chi connectivity index (χ0) is 18.9. The molecule has 1 aliphatic heterocycles. The smallest absolute Gasteiger partial charge is 0.253 e. The summed E-state index contributed by atoms with van der Waals surface area (Å²) in [6.45, 7) is 7.11. The number of aliphatic hydroxyl groups excluding tert-OH is 1. The highest BCUT2D eigenvalue weighted by Gasteiger charge is 2.63. The average Bonchev–Trinajstić information content (AvgIpc) is 2.67. The molecule has 1 aromatic carbocycles. The molecule has 0 radical (unpaired) electrons. The first kappa shape index (κ1) is 18.9. The van der Waals surface area contributed by atoms with Crippen molar-refractivity contribution in [3.05, 3.63) is 42.0 Å². The van der Waals surface area contributed by atoms with Crippen LogP contribution in [0.5, 0.6) is 5.75 Å². The van der Waals surface area contributed by atoms with E-state index in [1.807, 2.05) is 23.1 Å². The number of carbonyl (C=O) groups excluding carboxylic acids is 1. The summed E-state index contributed by atoms with van der Waals surface area (Å²) in [5.41, 5.74) is 1.11. The minimum atomic E-state index is -0.343. The first-order valence-electron chi connectivity index (χ1n) is 9.21. The van der Waals surface area contributed by atoms with E-state index in [1.165, 1.54) is 0 Å². The fourth-order valence-electron chi connectivity index (χ4n) is 4.66. The molecule has 1 saturated carbocycles. The van der Waals surface area contributed by atoms with E-state index in [-0.39, 0.29) is 23.0 Å². The van der Waals surface area contributed by atoms with Crippen LogP contribution in [0.25, 0.3) is 0 Å². The van der Waals surface area contributed by atoms with Gasteiger partial charge in [0.15, 0.2) is 0 Å². The first-order valence-corrected chi connectivity index (χ1v) is 9.21. The van der Waals surface area contributed by atoms with Gasteiger partial charge in [-0.05, 0) is 49.9 Å². The highest BCUT2D eigenvalue weighted by Crippen LogP contribution is 2.58. The summed E-state index contributed by atoms with van der Waals surface area (Å²) < 4.78 is 11.1. The van der Waals surface area contributed by atoms with Gasteiger partial charge in [0.25, 0.3) is 5.91 Å². The van der Waals surface area contributed by atoms with Gasteiger partial charge in [-0.15, -0.1) is 6.58 Å².